The molecule has 0 aromatic rings. The van der Waals surface area contributed by atoms with Gasteiger partial charge in [-0.3, -0.25) is 18.9 Å². The fourth-order valence-electron chi connectivity index (χ4n) is 2.14. The Morgan fingerprint density at radius 1 is 1.29 bits per heavy atom. The van der Waals surface area contributed by atoms with Crippen molar-refractivity contribution < 1.29 is 32.2 Å². The van der Waals surface area contributed by atoms with E-state index in [1.54, 1.807) is 0 Å². The Bertz CT molecular complexity index is 553. The lowest BCUT2D eigenvalue weighted by Gasteiger charge is -2.24. The van der Waals surface area contributed by atoms with Gasteiger partial charge >= 0.3 is 16.4 Å². The first kappa shape index (κ1) is 22.0. The second kappa shape index (κ2) is 10.0. The number of nitrogens with two attached hydrogens (primary N) is 3. The number of hydrogen-bond donors (Lipinski definition) is 6. The predicted molar refractivity (Wildman–Crippen MR) is 84.4 cm³/mol. The number of aliphatic carboxylic acids is 1. The van der Waals surface area contributed by atoms with E-state index in [0.717, 1.165) is 0 Å². The van der Waals surface area contributed by atoms with E-state index >= 15 is 0 Å². The van der Waals surface area contributed by atoms with E-state index in [1.165, 1.54) is 4.90 Å². The van der Waals surface area contributed by atoms with E-state index in [1.807, 2.05) is 0 Å². The Kier molecular flexibility index (Phi) is 9.20. The van der Waals surface area contributed by atoms with Gasteiger partial charge in [0.25, 0.3) is 0 Å². The summed E-state index contributed by atoms with van der Waals surface area (Å²) in [4.78, 5) is 28.2. The Balaban J connectivity index is 0.000000922. The van der Waals surface area contributed by atoms with E-state index in [9.17, 15) is 9.59 Å². The third-order valence-corrected chi connectivity index (χ3v) is 3.11. The standard InChI is InChI=1S/C11H21N5O3.H2O4S/c12-7(3-1-5-15-11(13)14)9(17)16-6-2-4-8(16)10(18)19;1-5(2,3)4/h7-8H,1-6,12H2,(H,18,19)(H4,13,14,15);(H2,1,2,3,4)/t7-,8-;/m0./s1. The predicted octanol–water partition coefficient (Wildman–Crippen LogP) is -2.21. The van der Waals surface area contributed by atoms with Crippen molar-refractivity contribution >= 4 is 28.2 Å². The molecule has 0 saturated carbocycles. The van der Waals surface area contributed by atoms with Crippen LogP contribution < -0.4 is 17.2 Å². The van der Waals surface area contributed by atoms with E-state index in [-0.39, 0.29) is 11.9 Å². The topological polar surface area (TPSA) is 223 Å². The Morgan fingerprint density at radius 2 is 1.83 bits per heavy atom. The Hall–Kier alpha value is -1.96. The molecule has 2 atom stereocenters. The van der Waals surface area contributed by atoms with Gasteiger partial charge in [0.05, 0.1) is 6.04 Å². The number of carbonyl (C=O) groups is 2. The van der Waals surface area contributed by atoms with Crippen LogP contribution in [-0.4, -0.2) is 70.5 Å². The van der Waals surface area contributed by atoms with Crippen LogP contribution in [0.15, 0.2) is 4.99 Å². The van der Waals surface area contributed by atoms with Gasteiger partial charge in [-0.15, -0.1) is 0 Å². The normalized spacial score (nSPS) is 18.3. The minimum absolute atomic E-state index is 0.00498. The van der Waals surface area contributed by atoms with E-state index in [4.69, 9.17) is 39.8 Å². The van der Waals surface area contributed by atoms with E-state index in [0.29, 0.717) is 38.8 Å². The smallest absolute Gasteiger partial charge is 0.394 e. The second-order valence-corrected chi connectivity index (χ2v) is 5.93. The zero-order valence-corrected chi connectivity index (χ0v) is 13.7. The molecule has 12 nitrogen and oxygen atoms in total. The molecule has 9 N–H and O–H groups in total. The van der Waals surface area contributed by atoms with Gasteiger partial charge in [-0.05, 0) is 25.7 Å². The molecule has 0 aliphatic carbocycles. The van der Waals surface area contributed by atoms with Crippen LogP contribution >= 0.6 is 0 Å². The summed E-state index contributed by atoms with van der Waals surface area (Å²) in [6, 6.07) is -1.44. The number of aliphatic imine (C=N–C) groups is 1. The maximum absolute atomic E-state index is 12.0. The van der Waals surface area contributed by atoms with Crippen molar-refractivity contribution in [3.63, 3.8) is 0 Å². The highest BCUT2D eigenvalue weighted by Gasteiger charge is 2.35. The summed E-state index contributed by atoms with van der Waals surface area (Å²) in [7, 11) is -4.67. The minimum Gasteiger partial charge on any atom is -0.480 e. The van der Waals surface area contributed by atoms with Crippen LogP contribution in [0.1, 0.15) is 25.7 Å². The minimum atomic E-state index is -4.67. The molecular formula is C11H23N5O7S. The van der Waals surface area contributed by atoms with Crippen LogP contribution in [0.5, 0.6) is 0 Å². The highest BCUT2D eigenvalue weighted by molar-refractivity contribution is 7.79. The quantitative estimate of drug-likeness (QED) is 0.128. The highest BCUT2D eigenvalue weighted by Crippen LogP contribution is 2.18. The van der Waals surface area contributed by atoms with Gasteiger partial charge in [-0.25, -0.2) is 4.79 Å². The molecule has 140 valence electrons. The summed E-state index contributed by atoms with van der Waals surface area (Å²) in [5, 5.41) is 9.01. The zero-order chi connectivity index (χ0) is 18.9. The van der Waals surface area contributed by atoms with Gasteiger partial charge in [0, 0.05) is 13.1 Å². The first-order chi connectivity index (χ1) is 10.9. The van der Waals surface area contributed by atoms with Crippen molar-refractivity contribution in [2.24, 2.45) is 22.2 Å². The van der Waals surface area contributed by atoms with Crippen molar-refractivity contribution in [1.29, 1.82) is 0 Å². The van der Waals surface area contributed by atoms with Crippen LogP contribution in [0.2, 0.25) is 0 Å². The average molecular weight is 369 g/mol. The van der Waals surface area contributed by atoms with Gasteiger partial charge < -0.3 is 27.2 Å². The average Bonchev–Trinajstić information content (AvgIpc) is 2.89. The number of hydrogen-bond acceptors (Lipinski definition) is 6. The van der Waals surface area contributed by atoms with Crippen LogP contribution in [0.4, 0.5) is 0 Å². The molecule has 0 bridgehead atoms. The third kappa shape index (κ3) is 9.94. The number of carbonyl (C=O) groups excluding carboxylic acids is 1. The molecule has 0 radical (unpaired) electrons. The van der Waals surface area contributed by atoms with Gasteiger partial charge in [0.1, 0.15) is 6.04 Å². The molecule has 1 heterocycles. The number of carboxylic acids is 1. The number of amides is 1. The van der Waals surface area contributed by atoms with Crippen LogP contribution in [0.25, 0.3) is 0 Å². The molecule has 24 heavy (non-hydrogen) atoms. The van der Waals surface area contributed by atoms with Gasteiger partial charge in [0.15, 0.2) is 5.96 Å². The largest absolute Gasteiger partial charge is 0.480 e. The summed E-state index contributed by atoms with van der Waals surface area (Å²) in [5.74, 6) is -1.28. The highest BCUT2D eigenvalue weighted by atomic mass is 32.3. The van der Waals surface area contributed by atoms with Crippen LogP contribution in [-0.2, 0) is 20.0 Å². The van der Waals surface area contributed by atoms with Gasteiger partial charge in [0.2, 0.25) is 5.91 Å². The Morgan fingerprint density at radius 3 is 2.29 bits per heavy atom. The number of nitrogens with zero attached hydrogens (tertiary/aromatic N) is 2. The molecule has 13 heteroatoms. The molecular weight excluding hydrogens is 346 g/mol. The maximum Gasteiger partial charge on any atom is 0.394 e. The van der Waals surface area contributed by atoms with E-state index < -0.39 is 28.5 Å². The molecule has 1 aliphatic heterocycles. The summed E-state index contributed by atoms with van der Waals surface area (Å²) < 4.78 is 31.6. The molecule has 1 saturated heterocycles. The molecule has 0 aromatic carbocycles. The van der Waals surface area contributed by atoms with Crippen molar-refractivity contribution in [2.45, 2.75) is 37.8 Å². The van der Waals surface area contributed by atoms with Crippen molar-refractivity contribution in [2.75, 3.05) is 13.1 Å². The second-order valence-electron chi connectivity index (χ2n) is 5.03. The number of guanidine groups is 1. The number of rotatable bonds is 6. The molecule has 1 rings (SSSR count). The van der Waals surface area contributed by atoms with E-state index in [2.05, 4.69) is 4.99 Å². The molecule has 0 aromatic heterocycles. The fourth-order valence-corrected chi connectivity index (χ4v) is 2.14. The maximum atomic E-state index is 12.0. The molecule has 1 aliphatic rings. The monoisotopic (exact) mass is 369 g/mol. The molecule has 1 fully saturated rings. The Labute approximate surface area is 139 Å². The lowest BCUT2D eigenvalue weighted by molar-refractivity contribution is -0.148. The first-order valence-corrected chi connectivity index (χ1v) is 8.37. The summed E-state index contributed by atoms with van der Waals surface area (Å²) in [6.07, 6.45) is 2.19. The van der Waals surface area contributed by atoms with Crippen molar-refractivity contribution in [1.82, 2.24) is 4.90 Å². The fraction of sp³-hybridized carbons (Fsp3) is 0.727. The summed E-state index contributed by atoms with van der Waals surface area (Å²) in [5.41, 5.74) is 16.1. The van der Waals surface area contributed by atoms with Crippen molar-refractivity contribution in [3.8, 4) is 0 Å². The lowest BCUT2D eigenvalue weighted by atomic mass is 10.1. The van der Waals surface area contributed by atoms with Crippen LogP contribution in [0, 0.1) is 0 Å². The summed E-state index contributed by atoms with van der Waals surface area (Å²) >= 11 is 0. The lowest BCUT2D eigenvalue weighted by Crippen LogP contribution is -2.48. The molecule has 0 spiro atoms. The SMILES string of the molecule is NC(N)=NCCC[C@H](N)C(=O)N1CCC[C@H]1C(=O)O.O=S(=O)(O)O. The van der Waals surface area contributed by atoms with Crippen molar-refractivity contribution in [3.05, 3.63) is 0 Å². The number of likely N-dealkylation sites (tertiary alicyclic amines) is 1. The third-order valence-electron chi connectivity index (χ3n) is 3.11. The van der Waals surface area contributed by atoms with Gasteiger partial charge in [-0.2, -0.15) is 8.42 Å². The van der Waals surface area contributed by atoms with Crippen LogP contribution in [0.3, 0.4) is 0 Å². The number of carboxylic acid groups (broad SMARTS) is 1. The first-order valence-electron chi connectivity index (χ1n) is 6.97. The van der Waals surface area contributed by atoms with Gasteiger partial charge in [-0.1, -0.05) is 0 Å². The molecule has 0 unspecified atom stereocenters. The molecule has 1 amide bonds. The summed E-state index contributed by atoms with van der Waals surface area (Å²) in [6.45, 7) is 0.864. The zero-order valence-electron chi connectivity index (χ0n) is 12.9.